The average molecular weight is 472 g/mol. The molecule has 2 aliphatic rings. The van der Waals surface area contributed by atoms with Crippen LogP contribution in [0.2, 0.25) is 0 Å². The molecule has 8 heteroatoms. The summed E-state index contributed by atoms with van der Waals surface area (Å²) in [6.07, 6.45) is 4.84. The van der Waals surface area contributed by atoms with Crippen LogP contribution in [-0.4, -0.2) is 52.5 Å². The third kappa shape index (κ3) is 6.34. The van der Waals surface area contributed by atoms with E-state index in [9.17, 15) is 13.2 Å². The number of likely N-dealkylation sites (tertiary alicyclic amines) is 1. The van der Waals surface area contributed by atoms with E-state index >= 15 is 0 Å². The largest absolute Gasteiger partial charge is 0.497 e. The number of ether oxygens (including phenoxy) is 1. The van der Waals surface area contributed by atoms with Crippen molar-refractivity contribution in [3.8, 4) is 5.75 Å². The van der Waals surface area contributed by atoms with Gasteiger partial charge in [-0.25, -0.2) is 13.1 Å². The quantitative estimate of drug-likeness (QED) is 0.617. The molecule has 0 aliphatic carbocycles. The van der Waals surface area contributed by atoms with Gasteiger partial charge >= 0.3 is 0 Å². The number of nitrogens with one attached hydrogen (secondary N) is 2. The Hall–Kier alpha value is -2.42. The fourth-order valence-corrected chi connectivity index (χ4v) is 5.72. The van der Waals surface area contributed by atoms with E-state index in [0.717, 1.165) is 62.3 Å². The second-order valence-corrected chi connectivity index (χ2v) is 10.7. The van der Waals surface area contributed by atoms with E-state index < -0.39 is 10.0 Å². The summed E-state index contributed by atoms with van der Waals surface area (Å²) in [4.78, 5) is 14.4. The number of fused-ring (bicyclic) bond motifs is 1. The Morgan fingerprint density at radius 1 is 1.12 bits per heavy atom. The van der Waals surface area contributed by atoms with Crippen LogP contribution >= 0.6 is 0 Å². The molecule has 2 aliphatic heterocycles. The van der Waals surface area contributed by atoms with Gasteiger partial charge in [0.25, 0.3) is 0 Å². The van der Waals surface area contributed by atoms with Crippen molar-refractivity contribution in [1.82, 2.24) is 9.62 Å². The molecule has 33 heavy (non-hydrogen) atoms. The molecule has 0 unspecified atom stereocenters. The second kappa shape index (κ2) is 10.7. The van der Waals surface area contributed by atoms with Gasteiger partial charge in [-0.3, -0.25) is 4.79 Å². The maximum Gasteiger partial charge on any atom is 0.240 e. The van der Waals surface area contributed by atoms with Crippen LogP contribution in [0.5, 0.6) is 5.75 Å². The predicted molar refractivity (Wildman–Crippen MR) is 129 cm³/mol. The molecule has 2 heterocycles. The highest BCUT2D eigenvalue weighted by Crippen LogP contribution is 2.25. The summed E-state index contributed by atoms with van der Waals surface area (Å²) in [5.74, 6) is 1.21. The van der Waals surface area contributed by atoms with Crippen molar-refractivity contribution in [3.05, 3.63) is 53.6 Å². The molecule has 1 saturated heterocycles. The number of aryl methyl sites for hydroxylation is 1. The topological polar surface area (TPSA) is 87.7 Å². The molecule has 0 spiro atoms. The number of methoxy groups -OCH3 is 1. The van der Waals surface area contributed by atoms with Crippen molar-refractivity contribution in [3.63, 3.8) is 0 Å². The number of hydrogen-bond donors (Lipinski definition) is 2. The molecule has 0 saturated carbocycles. The molecule has 178 valence electrons. The highest BCUT2D eigenvalue weighted by atomic mass is 32.2. The van der Waals surface area contributed by atoms with Crippen LogP contribution in [0.1, 0.15) is 36.8 Å². The SMILES string of the molecule is COc1cccc(CCN2CCC(CNS(=O)(=O)c3ccc4c(c3)CCCC(=O)N4)CC2)c1. The molecular weight excluding hydrogens is 438 g/mol. The monoisotopic (exact) mass is 471 g/mol. The Bertz CT molecular complexity index is 1080. The van der Waals surface area contributed by atoms with E-state index in [-0.39, 0.29) is 10.8 Å². The van der Waals surface area contributed by atoms with Crippen molar-refractivity contribution in [2.75, 3.05) is 38.6 Å². The first kappa shape index (κ1) is 23.7. The third-order valence-electron chi connectivity index (χ3n) is 6.63. The van der Waals surface area contributed by atoms with Crippen molar-refractivity contribution >= 4 is 21.6 Å². The van der Waals surface area contributed by atoms with Crippen LogP contribution in [0.4, 0.5) is 5.69 Å². The maximum absolute atomic E-state index is 12.9. The Balaban J connectivity index is 1.25. The summed E-state index contributed by atoms with van der Waals surface area (Å²) in [6, 6.07) is 13.2. The number of rotatable bonds is 8. The minimum atomic E-state index is -3.57. The zero-order valence-electron chi connectivity index (χ0n) is 19.2. The van der Waals surface area contributed by atoms with Crippen LogP contribution in [-0.2, 0) is 27.7 Å². The number of benzene rings is 2. The fraction of sp³-hybridized carbons (Fsp3) is 0.480. The van der Waals surface area contributed by atoms with Crippen molar-refractivity contribution in [1.29, 1.82) is 0 Å². The van der Waals surface area contributed by atoms with Crippen molar-refractivity contribution in [2.45, 2.75) is 43.4 Å². The molecule has 0 bridgehead atoms. The fourth-order valence-electron chi connectivity index (χ4n) is 4.56. The number of hydrogen-bond acceptors (Lipinski definition) is 5. The molecule has 1 amide bonds. The van der Waals surface area contributed by atoms with E-state index in [0.29, 0.717) is 25.3 Å². The zero-order chi connectivity index (χ0) is 23.3. The van der Waals surface area contributed by atoms with Gasteiger partial charge in [0.2, 0.25) is 15.9 Å². The molecule has 4 rings (SSSR count). The van der Waals surface area contributed by atoms with Gasteiger partial charge in [-0.15, -0.1) is 0 Å². The number of sulfonamides is 1. The first-order valence-corrected chi connectivity index (χ1v) is 13.2. The predicted octanol–water partition coefficient (Wildman–Crippen LogP) is 3.20. The highest BCUT2D eigenvalue weighted by molar-refractivity contribution is 7.89. The Kier molecular flexibility index (Phi) is 7.67. The Morgan fingerprint density at radius 2 is 1.94 bits per heavy atom. The van der Waals surface area contributed by atoms with Crippen molar-refractivity contribution in [2.24, 2.45) is 5.92 Å². The molecule has 2 aromatic carbocycles. The van der Waals surface area contributed by atoms with Crippen LogP contribution in [0.3, 0.4) is 0 Å². The number of carbonyl (C=O) groups is 1. The number of carbonyl (C=O) groups excluding carboxylic acids is 1. The summed E-state index contributed by atoms with van der Waals surface area (Å²) in [5.41, 5.74) is 2.87. The van der Waals surface area contributed by atoms with E-state index in [1.807, 2.05) is 12.1 Å². The third-order valence-corrected chi connectivity index (χ3v) is 8.05. The molecule has 1 fully saturated rings. The molecule has 7 nitrogen and oxygen atoms in total. The Labute approximate surface area is 196 Å². The van der Waals surface area contributed by atoms with Gasteiger partial charge in [0.15, 0.2) is 0 Å². The van der Waals surface area contributed by atoms with E-state index in [1.54, 1.807) is 25.3 Å². The van der Waals surface area contributed by atoms with Gasteiger partial charge in [0.05, 0.1) is 12.0 Å². The lowest BCUT2D eigenvalue weighted by atomic mass is 9.97. The summed E-state index contributed by atoms with van der Waals surface area (Å²) < 4.78 is 33.8. The standard InChI is InChI=1S/C25H33N3O4S/c1-32-22-6-2-4-19(16-22)10-13-28-14-11-20(12-15-28)18-26-33(30,31)23-8-9-24-21(17-23)5-3-7-25(29)27-24/h2,4,6,8-9,16-17,20,26H,3,5,7,10-15,18H2,1H3,(H,27,29). The molecule has 0 radical (unpaired) electrons. The first-order valence-electron chi connectivity index (χ1n) is 11.7. The lowest BCUT2D eigenvalue weighted by molar-refractivity contribution is -0.116. The van der Waals surface area contributed by atoms with E-state index in [2.05, 4.69) is 27.1 Å². The second-order valence-electron chi connectivity index (χ2n) is 8.96. The highest BCUT2D eigenvalue weighted by Gasteiger charge is 2.23. The number of amides is 1. The van der Waals surface area contributed by atoms with Gasteiger partial charge < -0.3 is 15.0 Å². The van der Waals surface area contributed by atoms with Gasteiger partial charge in [-0.2, -0.15) is 0 Å². The molecule has 0 aromatic heterocycles. The van der Waals surface area contributed by atoms with Gasteiger partial charge in [0, 0.05) is 25.2 Å². The normalized spacial score (nSPS) is 17.8. The van der Waals surface area contributed by atoms with Gasteiger partial charge in [-0.1, -0.05) is 12.1 Å². The molecule has 2 aromatic rings. The summed E-state index contributed by atoms with van der Waals surface area (Å²) in [6.45, 7) is 3.42. The van der Waals surface area contributed by atoms with Crippen molar-refractivity contribution < 1.29 is 17.9 Å². The first-order chi connectivity index (χ1) is 15.9. The zero-order valence-corrected chi connectivity index (χ0v) is 20.0. The number of anilines is 1. The lowest BCUT2D eigenvalue weighted by Gasteiger charge is -2.32. The molecular formula is C25H33N3O4S. The van der Waals surface area contributed by atoms with Gasteiger partial charge in [0.1, 0.15) is 5.75 Å². The summed E-state index contributed by atoms with van der Waals surface area (Å²) in [7, 11) is -1.89. The van der Waals surface area contributed by atoms with E-state index in [4.69, 9.17) is 4.74 Å². The van der Waals surface area contributed by atoms with Crippen LogP contribution in [0.25, 0.3) is 0 Å². The summed E-state index contributed by atoms with van der Waals surface area (Å²) in [5, 5.41) is 2.85. The molecule has 0 atom stereocenters. The average Bonchev–Trinajstić information content (AvgIpc) is 3.02. The van der Waals surface area contributed by atoms with Crippen LogP contribution < -0.4 is 14.8 Å². The summed E-state index contributed by atoms with van der Waals surface area (Å²) >= 11 is 0. The van der Waals surface area contributed by atoms with Crippen LogP contribution in [0.15, 0.2) is 47.4 Å². The Morgan fingerprint density at radius 3 is 2.73 bits per heavy atom. The minimum Gasteiger partial charge on any atom is -0.497 e. The van der Waals surface area contributed by atoms with Gasteiger partial charge in [-0.05, 0) is 92.6 Å². The van der Waals surface area contributed by atoms with E-state index in [1.165, 1.54) is 5.56 Å². The smallest absolute Gasteiger partial charge is 0.240 e. The van der Waals surface area contributed by atoms with Crippen LogP contribution in [0, 0.1) is 5.92 Å². The minimum absolute atomic E-state index is 0.0164. The number of piperidine rings is 1. The number of nitrogens with zero attached hydrogens (tertiary/aromatic N) is 1. The molecule has 2 N–H and O–H groups in total. The lowest BCUT2D eigenvalue weighted by Crippen LogP contribution is -2.39. The maximum atomic E-state index is 12.9.